The lowest BCUT2D eigenvalue weighted by Gasteiger charge is -1.99. The summed E-state index contributed by atoms with van der Waals surface area (Å²) in [5.41, 5.74) is 1.09. The van der Waals surface area contributed by atoms with Crippen molar-refractivity contribution in [3.63, 3.8) is 0 Å². The first kappa shape index (κ1) is 13.2. The lowest BCUT2D eigenvalue weighted by Crippen LogP contribution is -2.11. The number of ketones is 2. The number of rotatable bonds is 4. The minimum atomic E-state index is -0.599. The highest BCUT2D eigenvalue weighted by molar-refractivity contribution is 6.50. The maximum Gasteiger partial charge on any atom is 0.234 e. The number of Topliss-reactive ketones (excluding diaryl/α,β-unsaturated/α-hetero) is 1. The highest BCUT2D eigenvalue weighted by Crippen LogP contribution is 2.16. The predicted molar refractivity (Wildman–Crippen MR) is 76.3 cm³/mol. The third-order valence-corrected chi connectivity index (χ3v) is 2.90. The monoisotopic (exact) mass is 270 g/mol. The van der Waals surface area contributed by atoms with Crippen molar-refractivity contribution >= 4 is 29.2 Å². The van der Waals surface area contributed by atoms with Gasteiger partial charge in [-0.1, -0.05) is 60.1 Å². The van der Waals surface area contributed by atoms with Crippen LogP contribution in [0.1, 0.15) is 15.9 Å². The quantitative estimate of drug-likeness (QED) is 0.481. The fourth-order valence-corrected chi connectivity index (χ4v) is 1.81. The van der Waals surface area contributed by atoms with Crippen molar-refractivity contribution in [1.29, 1.82) is 0 Å². The number of hydrogen-bond acceptors (Lipinski definition) is 2. The van der Waals surface area contributed by atoms with Gasteiger partial charge < -0.3 is 0 Å². The van der Waals surface area contributed by atoms with Crippen molar-refractivity contribution in [2.45, 2.75) is 0 Å². The zero-order valence-electron chi connectivity index (χ0n) is 10.0. The van der Waals surface area contributed by atoms with Crippen LogP contribution in [0.3, 0.4) is 0 Å². The van der Waals surface area contributed by atoms with Crippen molar-refractivity contribution in [3.8, 4) is 0 Å². The Bertz CT molecular complexity index is 630. The van der Waals surface area contributed by atoms with E-state index in [0.29, 0.717) is 0 Å². The second-order valence-corrected chi connectivity index (χ2v) is 4.32. The molecule has 0 fully saturated rings. The van der Waals surface area contributed by atoms with Crippen LogP contribution in [0.15, 0.2) is 60.7 Å². The van der Waals surface area contributed by atoms with Crippen LogP contribution in [0.25, 0.3) is 6.08 Å². The van der Waals surface area contributed by atoms with Crippen molar-refractivity contribution in [3.05, 3.63) is 76.8 Å². The minimum absolute atomic E-state index is 0.229. The Morgan fingerprint density at radius 1 is 0.895 bits per heavy atom. The maximum absolute atomic E-state index is 11.9. The smallest absolute Gasteiger partial charge is 0.234 e. The summed E-state index contributed by atoms with van der Waals surface area (Å²) < 4.78 is 0. The third kappa shape index (κ3) is 3.39. The Kier molecular flexibility index (Phi) is 4.26. The van der Waals surface area contributed by atoms with Gasteiger partial charge in [0.05, 0.1) is 5.02 Å². The molecule has 0 saturated carbocycles. The van der Waals surface area contributed by atoms with Crippen LogP contribution in [0.4, 0.5) is 0 Å². The number of carbonyl (C=O) groups excluding carboxylic acids is 2. The van der Waals surface area contributed by atoms with Gasteiger partial charge in [-0.15, -0.1) is 0 Å². The van der Waals surface area contributed by atoms with Gasteiger partial charge in [0, 0.05) is 5.56 Å². The fourth-order valence-electron chi connectivity index (χ4n) is 1.59. The van der Waals surface area contributed by atoms with Gasteiger partial charge in [0.1, 0.15) is 0 Å². The van der Waals surface area contributed by atoms with Crippen LogP contribution in [0, 0.1) is 0 Å². The molecule has 94 valence electrons. The number of benzene rings is 2. The first-order valence-electron chi connectivity index (χ1n) is 5.75. The SMILES string of the molecule is O=C(C=Cc1ccccc1)C(=O)c1ccccc1Cl. The van der Waals surface area contributed by atoms with Gasteiger partial charge in [-0.2, -0.15) is 0 Å². The maximum atomic E-state index is 11.9. The molecule has 0 unspecified atom stereocenters. The van der Waals surface area contributed by atoms with Crippen LogP contribution in [-0.2, 0) is 4.79 Å². The first-order chi connectivity index (χ1) is 9.18. The second-order valence-electron chi connectivity index (χ2n) is 3.92. The molecule has 0 amide bonds. The van der Waals surface area contributed by atoms with Gasteiger partial charge in [0.2, 0.25) is 11.6 Å². The van der Waals surface area contributed by atoms with Gasteiger partial charge in [-0.25, -0.2) is 0 Å². The molecule has 2 nitrogen and oxygen atoms in total. The minimum Gasteiger partial charge on any atom is -0.286 e. The average Bonchev–Trinajstić information content (AvgIpc) is 2.45. The molecule has 0 N–H and O–H groups in total. The van der Waals surface area contributed by atoms with Gasteiger partial charge in [0.25, 0.3) is 0 Å². The van der Waals surface area contributed by atoms with Crippen LogP contribution < -0.4 is 0 Å². The van der Waals surface area contributed by atoms with Crippen molar-refractivity contribution in [2.24, 2.45) is 0 Å². The molecule has 0 bridgehead atoms. The Labute approximate surface area is 116 Å². The van der Waals surface area contributed by atoms with Crippen LogP contribution >= 0.6 is 11.6 Å². The zero-order chi connectivity index (χ0) is 13.7. The highest BCUT2D eigenvalue weighted by Gasteiger charge is 2.15. The summed E-state index contributed by atoms with van der Waals surface area (Å²) in [5, 5.41) is 0.286. The fraction of sp³-hybridized carbons (Fsp3) is 0. The largest absolute Gasteiger partial charge is 0.286 e. The molecule has 0 aliphatic carbocycles. The molecule has 2 aromatic carbocycles. The van der Waals surface area contributed by atoms with E-state index in [4.69, 9.17) is 11.6 Å². The summed E-state index contributed by atoms with van der Waals surface area (Å²) in [7, 11) is 0. The summed E-state index contributed by atoms with van der Waals surface area (Å²) >= 11 is 5.88. The molecule has 0 aliphatic heterocycles. The van der Waals surface area contributed by atoms with Crippen LogP contribution in [0.2, 0.25) is 5.02 Å². The van der Waals surface area contributed by atoms with E-state index < -0.39 is 11.6 Å². The Morgan fingerprint density at radius 3 is 2.21 bits per heavy atom. The average molecular weight is 271 g/mol. The van der Waals surface area contributed by atoms with E-state index in [1.54, 1.807) is 30.3 Å². The van der Waals surface area contributed by atoms with E-state index in [1.165, 1.54) is 6.08 Å². The van der Waals surface area contributed by atoms with Crippen LogP contribution in [-0.4, -0.2) is 11.6 Å². The molecule has 2 aromatic rings. The first-order valence-corrected chi connectivity index (χ1v) is 6.12. The van der Waals surface area contributed by atoms with E-state index in [1.807, 2.05) is 30.3 Å². The lowest BCUT2D eigenvalue weighted by molar-refractivity contribution is -0.110. The van der Waals surface area contributed by atoms with E-state index in [-0.39, 0.29) is 10.6 Å². The molecule has 0 aliphatic rings. The highest BCUT2D eigenvalue weighted by atomic mass is 35.5. The summed E-state index contributed by atoms with van der Waals surface area (Å²) in [6.45, 7) is 0. The van der Waals surface area contributed by atoms with Gasteiger partial charge in [0.15, 0.2) is 0 Å². The van der Waals surface area contributed by atoms with Gasteiger partial charge in [-0.05, 0) is 23.8 Å². The molecule has 2 rings (SSSR count). The molecule has 3 heteroatoms. The number of carbonyl (C=O) groups is 2. The molecule has 0 heterocycles. The Balaban J connectivity index is 2.15. The van der Waals surface area contributed by atoms with E-state index in [2.05, 4.69) is 0 Å². The van der Waals surface area contributed by atoms with Crippen LogP contribution in [0.5, 0.6) is 0 Å². The standard InChI is InChI=1S/C16H11ClO2/c17-14-9-5-4-8-13(14)16(19)15(18)11-10-12-6-2-1-3-7-12/h1-11H. The predicted octanol–water partition coefficient (Wildman–Crippen LogP) is 3.81. The molecule has 0 radical (unpaired) electrons. The number of hydrogen-bond donors (Lipinski definition) is 0. The Hall–Kier alpha value is -2.19. The lowest BCUT2D eigenvalue weighted by atomic mass is 10.1. The summed E-state index contributed by atoms with van der Waals surface area (Å²) in [5.74, 6) is -1.19. The van der Waals surface area contributed by atoms with Crippen molar-refractivity contribution < 1.29 is 9.59 Å². The number of allylic oxidation sites excluding steroid dienone is 1. The number of halogens is 1. The zero-order valence-corrected chi connectivity index (χ0v) is 10.8. The summed E-state index contributed by atoms with van der Waals surface area (Å²) in [6, 6.07) is 15.8. The van der Waals surface area contributed by atoms with Gasteiger partial charge >= 0.3 is 0 Å². The van der Waals surface area contributed by atoms with Crippen molar-refractivity contribution in [2.75, 3.05) is 0 Å². The Morgan fingerprint density at radius 2 is 1.53 bits per heavy atom. The third-order valence-electron chi connectivity index (χ3n) is 2.57. The molecule has 19 heavy (non-hydrogen) atoms. The summed E-state index contributed by atoms with van der Waals surface area (Å²) in [4.78, 5) is 23.7. The van der Waals surface area contributed by atoms with Crippen molar-refractivity contribution in [1.82, 2.24) is 0 Å². The topological polar surface area (TPSA) is 34.1 Å². The second kappa shape index (κ2) is 6.12. The van der Waals surface area contributed by atoms with E-state index >= 15 is 0 Å². The summed E-state index contributed by atoms with van der Waals surface area (Å²) in [6.07, 6.45) is 2.87. The molecule has 0 saturated heterocycles. The normalized spacial score (nSPS) is 10.6. The molecule has 0 spiro atoms. The molecule has 0 aromatic heterocycles. The van der Waals surface area contributed by atoms with E-state index in [0.717, 1.165) is 5.56 Å². The van der Waals surface area contributed by atoms with E-state index in [9.17, 15) is 9.59 Å². The molecular weight excluding hydrogens is 260 g/mol. The molecular formula is C16H11ClO2. The van der Waals surface area contributed by atoms with Gasteiger partial charge in [-0.3, -0.25) is 9.59 Å². The molecule has 0 atom stereocenters.